The zero-order valence-electron chi connectivity index (χ0n) is 15.7. The first-order chi connectivity index (χ1) is 12.5. The lowest BCUT2D eigenvalue weighted by molar-refractivity contribution is 0.0963. The first-order valence-corrected chi connectivity index (χ1v) is 9.26. The van der Waals surface area contributed by atoms with Crippen molar-refractivity contribution >= 4 is 47.6 Å². The van der Waals surface area contributed by atoms with Crippen LogP contribution >= 0.6 is 35.6 Å². The second-order valence-electron chi connectivity index (χ2n) is 6.22. The molecule has 1 aliphatic heterocycles. The summed E-state index contributed by atoms with van der Waals surface area (Å²) < 4.78 is 10.8. The number of nitrogens with zero attached hydrogens (tertiary/aromatic N) is 2. The van der Waals surface area contributed by atoms with E-state index in [0.29, 0.717) is 43.0 Å². The third-order valence-corrected chi connectivity index (χ3v) is 4.26. The van der Waals surface area contributed by atoms with Crippen LogP contribution in [0.25, 0.3) is 0 Å². The molecule has 0 radical (unpaired) electrons. The average Bonchev–Trinajstić information content (AvgIpc) is 2.61. The van der Waals surface area contributed by atoms with E-state index in [9.17, 15) is 4.79 Å². The van der Waals surface area contributed by atoms with Crippen LogP contribution in [0.1, 0.15) is 26.7 Å². The van der Waals surface area contributed by atoms with E-state index in [2.05, 4.69) is 10.3 Å². The van der Waals surface area contributed by atoms with E-state index in [4.69, 9.17) is 26.8 Å². The number of amides is 1. The summed E-state index contributed by atoms with van der Waals surface area (Å²) in [7, 11) is 0. The second kappa shape index (κ2) is 12.1. The highest BCUT2D eigenvalue weighted by Gasteiger charge is 2.23. The van der Waals surface area contributed by atoms with Gasteiger partial charge in [0.2, 0.25) is 0 Å². The van der Waals surface area contributed by atoms with Crippen molar-refractivity contribution in [3.8, 4) is 5.75 Å². The number of likely N-dealkylation sites (tertiary alicyclic amines) is 1. The van der Waals surface area contributed by atoms with E-state index < -0.39 is 0 Å². The molecule has 1 atom stereocenters. The van der Waals surface area contributed by atoms with Gasteiger partial charge in [0, 0.05) is 24.2 Å². The molecule has 0 aromatic heterocycles. The quantitative estimate of drug-likeness (QED) is 0.348. The minimum Gasteiger partial charge on any atom is -0.489 e. The largest absolute Gasteiger partial charge is 0.489 e. The van der Waals surface area contributed by atoms with Gasteiger partial charge in [-0.2, -0.15) is 0 Å². The number of aliphatic imine (C=N–C) groups is 1. The summed E-state index contributed by atoms with van der Waals surface area (Å²) in [6.45, 7) is 5.87. The Bertz CT molecular complexity index is 624. The number of carbonyl (C=O) groups excluding carboxylic acids is 1. The topological polar surface area (TPSA) is 89.2 Å². The van der Waals surface area contributed by atoms with Crippen LogP contribution in [0.4, 0.5) is 4.79 Å². The predicted octanol–water partition coefficient (Wildman–Crippen LogP) is 3.25. The molecule has 152 valence electrons. The van der Waals surface area contributed by atoms with Gasteiger partial charge in [-0.25, -0.2) is 9.79 Å². The van der Waals surface area contributed by atoms with Gasteiger partial charge in [0.25, 0.3) is 0 Å². The number of hydrogen-bond acceptors (Lipinski definition) is 4. The van der Waals surface area contributed by atoms with Gasteiger partial charge in [-0.15, -0.1) is 24.0 Å². The first-order valence-electron chi connectivity index (χ1n) is 8.88. The minimum absolute atomic E-state index is 0. The third kappa shape index (κ3) is 8.42. The fourth-order valence-electron chi connectivity index (χ4n) is 2.71. The van der Waals surface area contributed by atoms with Crippen molar-refractivity contribution in [2.75, 3.05) is 26.2 Å². The maximum absolute atomic E-state index is 11.7. The summed E-state index contributed by atoms with van der Waals surface area (Å²) in [5, 5.41) is 3.84. The normalized spacial score (nSPS) is 16.3. The molecule has 1 heterocycles. The van der Waals surface area contributed by atoms with E-state index in [-0.39, 0.29) is 42.2 Å². The maximum Gasteiger partial charge on any atom is 0.409 e. The standard InChI is InChI=1S/C18H27ClN4O3.HI/c1-3-25-18(24)23-9-7-15(8-10-23)22-17(20)21-12-13(2)26-16-6-4-5-14(19)11-16;/h4-6,11,13,15H,3,7-10,12H2,1-2H3,(H3,20,21,22);1H. The number of benzene rings is 1. The number of hydrogen-bond donors (Lipinski definition) is 2. The molecule has 1 aromatic rings. The lowest BCUT2D eigenvalue weighted by Crippen LogP contribution is -2.48. The smallest absolute Gasteiger partial charge is 0.409 e. The van der Waals surface area contributed by atoms with Crippen molar-refractivity contribution in [3.05, 3.63) is 29.3 Å². The summed E-state index contributed by atoms with van der Waals surface area (Å²) in [6.07, 6.45) is 1.24. The summed E-state index contributed by atoms with van der Waals surface area (Å²) in [4.78, 5) is 17.7. The molecule has 1 aromatic carbocycles. The van der Waals surface area contributed by atoms with Crippen LogP contribution in [0.5, 0.6) is 5.75 Å². The van der Waals surface area contributed by atoms with Gasteiger partial charge in [0.05, 0.1) is 13.2 Å². The van der Waals surface area contributed by atoms with Crippen molar-refractivity contribution in [1.82, 2.24) is 10.2 Å². The van der Waals surface area contributed by atoms with Crippen molar-refractivity contribution in [2.45, 2.75) is 38.8 Å². The lowest BCUT2D eigenvalue weighted by atomic mass is 10.1. The van der Waals surface area contributed by atoms with E-state index >= 15 is 0 Å². The van der Waals surface area contributed by atoms with Gasteiger partial charge in [-0.05, 0) is 44.9 Å². The Hall–Kier alpha value is -1.42. The zero-order valence-corrected chi connectivity index (χ0v) is 18.8. The van der Waals surface area contributed by atoms with Crippen LogP contribution in [0, 0.1) is 0 Å². The van der Waals surface area contributed by atoms with Crippen molar-refractivity contribution in [1.29, 1.82) is 0 Å². The second-order valence-corrected chi connectivity index (χ2v) is 6.65. The molecule has 0 bridgehead atoms. The molecule has 9 heteroatoms. The van der Waals surface area contributed by atoms with Crippen LogP contribution in [0.3, 0.4) is 0 Å². The zero-order chi connectivity index (χ0) is 18.9. The van der Waals surface area contributed by atoms with E-state index in [1.54, 1.807) is 24.0 Å². The summed E-state index contributed by atoms with van der Waals surface area (Å²) in [6, 6.07) is 7.46. The molecule has 1 amide bonds. The van der Waals surface area contributed by atoms with Gasteiger partial charge in [-0.3, -0.25) is 0 Å². The predicted molar refractivity (Wildman–Crippen MR) is 118 cm³/mol. The van der Waals surface area contributed by atoms with Crippen molar-refractivity contribution in [3.63, 3.8) is 0 Å². The molecule has 0 aliphatic carbocycles. The average molecular weight is 511 g/mol. The number of halogens is 2. The SMILES string of the molecule is CCOC(=O)N1CCC(NC(N)=NCC(C)Oc2cccc(Cl)c2)CC1.I. The van der Waals surface area contributed by atoms with Crippen LogP contribution in [0.15, 0.2) is 29.3 Å². The molecular formula is C18H28ClIN4O3. The Morgan fingerprint density at radius 1 is 1.44 bits per heavy atom. The Morgan fingerprint density at radius 2 is 2.15 bits per heavy atom. The Kier molecular flexibility index (Phi) is 10.6. The molecule has 27 heavy (non-hydrogen) atoms. The molecule has 7 nitrogen and oxygen atoms in total. The summed E-state index contributed by atoms with van der Waals surface area (Å²) in [5.74, 6) is 1.10. The molecule has 1 unspecified atom stereocenters. The lowest BCUT2D eigenvalue weighted by Gasteiger charge is -2.31. The monoisotopic (exact) mass is 510 g/mol. The highest BCUT2D eigenvalue weighted by Crippen LogP contribution is 2.18. The number of carbonyl (C=O) groups is 1. The van der Waals surface area contributed by atoms with Gasteiger partial charge in [0.1, 0.15) is 11.9 Å². The molecule has 3 N–H and O–H groups in total. The highest BCUT2D eigenvalue weighted by molar-refractivity contribution is 14.0. The van der Waals surface area contributed by atoms with Gasteiger partial charge < -0.3 is 25.4 Å². The Labute approximate surface area is 182 Å². The number of guanidine groups is 1. The molecule has 1 saturated heterocycles. The van der Waals surface area contributed by atoms with Crippen LogP contribution in [-0.2, 0) is 4.74 Å². The molecule has 1 aliphatic rings. The fraction of sp³-hybridized carbons (Fsp3) is 0.556. The van der Waals surface area contributed by atoms with Crippen LogP contribution in [0.2, 0.25) is 5.02 Å². The van der Waals surface area contributed by atoms with E-state index in [1.807, 2.05) is 19.1 Å². The number of nitrogens with one attached hydrogen (secondary N) is 1. The Balaban J connectivity index is 0.00000364. The van der Waals surface area contributed by atoms with E-state index in [0.717, 1.165) is 12.8 Å². The minimum atomic E-state index is -0.250. The molecule has 2 rings (SSSR count). The maximum atomic E-state index is 11.7. The van der Waals surface area contributed by atoms with Crippen molar-refractivity contribution < 1.29 is 14.3 Å². The number of rotatable bonds is 6. The van der Waals surface area contributed by atoms with Crippen LogP contribution in [-0.4, -0.2) is 55.3 Å². The summed E-state index contributed by atoms with van der Waals surface area (Å²) in [5.41, 5.74) is 5.97. The van der Waals surface area contributed by atoms with E-state index in [1.165, 1.54) is 0 Å². The van der Waals surface area contributed by atoms with Crippen LogP contribution < -0.4 is 15.8 Å². The molecule has 0 saturated carbocycles. The molecular weight excluding hydrogens is 483 g/mol. The third-order valence-electron chi connectivity index (χ3n) is 4.03. The van der Waals surface area contributed by atoms with Gasteiger partial charge in [-0.1, -0.05) is 17.7 Å². The van der Waals surface area contributed by atoms with Crippen molar-refractivity contribution in [2.24, 2.45) is 10.7 Å². The highest BCUT2D eigenvalue weighted by atomic mass is 127. The molecule has 1 fully saturated rings. The molecule has 0 spiro atoms. The fourth-order valence-corrected chi connectivity index (χ4v) is 2.89. The number of nitrogens with two attached hydrogens (primary N) is 1. The Morgan fingerprint density at radius 3 is 2.78 bits per heavy atom. The number of ether oxygens (including phenoxy) is 2. The van der Waals surface area contributed by atoms with Gasteiger partial charge >= 0.3 is 6.09 Å². The summed E-state index contributed by atoms with van der Waals surface area (Å²) >= 11 is 5.94. The van der Waals surface area contributed by atoms with Gasteiger partial charge in [0.15, 0.2) is 5.96 Å². The number of piperidine rings is 1. The first kappa shape index (κ1) is 23.6.